The van der Waals surface area contributed by atoms with Gasteiger partial charge in [-0.15, -0.1) is 0 Å². The van der Waals surface area contributed by atoms with Crippen molar-refractivity contribution in [3.05, 3.63) is 47.7 Å². The molecule has 1 aromatic heterocycles. The monoisotopic (exact) mass is 515 g/mol. The molecule has 0 radical (unpaired) electrons. The van der Waals surface area contributed by atoms with Crippen molar-refractivity contribution in [3.8, 4) is 11.3 Å². The lowest BCUT2D eigenvalue weighted by Gasteiger charge is -2.24. The fourth-order valence-corrected chi connectivity index (χ4v) is 4.08. The first-order chi connectivity index (χ1) is 17.6. The minimum Gasteiger partial charge on any atom is -0.481 e. The average Bonchev–Trinajstić information content (AvgIpc) is 3.38. The van der Waals surface area contributed by atoms with Gasteiger partial charge in [0.05, 0.1) is 18.0 Å². The summed E-state index contributed by atoms with van der Waals surface area (Å²) in [6.07, 6.45) is 3.51. The number of carbonyl (C=O) groups excluding carboxylic acids is 3. The van der Waals surface area contributed by atoms with Gasteiger partial charge in [-0.1, -0.05) is 57.4 Å². The molecule has 0 saturated heterocycles. The Balaban J connectivity index is 1.99. The number of aliphatic carboxylic acids is 1. The van der Waals surface area contributed by atoms with Crippen LogP contribution < -0.4 is 16.1 Å². The van der Waals surface area contributed by atoms with Crippen LogP contribution in [0.4, 0.5) is 0 Å². The molecule has 2 aromatic rings. The molecule has 0 unspecified atom stereocenters. The molecule has 0 fully saturated rings. The van der Waals surface area contributed by atoms with E-state index in [1.807, 2.05) is 6.92 Å². The number of carbonyl (C=O) groups is 4. The summed E-state index contributed by atoms with van der Waals surface area (Å²) in [6.45, 7) is 6.90. The van der Waals surface area contributed by atoms with Crippen LogP contribution in [0.3, 0.4) is 0 Å². The van der Waals surface area contributed by atoms with Crippen LogP contribution >= 0.6 is 0 Å². The molecule has 0 aliphatic rings. The molecule has 1 heterocycles. The van der Waals surface area contributed by atoms with E-state index >= 15 is 0 Å². The standard InChI is InChI=1S/C27H37N3O7/c1-5-7-8-9-20(19(6-2)24(32)30-36)23(31)28-16-29-25(33)22-15-14-21(37-22)17-10-12-18(13-11-17)27(3,4)26(34)35/h10-15,19-20,36H,5-9,16H2,1-4H3,(H,28,31)(H,29,33)(H,30,32)(H,34,35)/t19-,20-/m1/s1. The molecule has 202 valence electrons. The lowest BCUT2D eigenvalue weighted by Crippen LogP contribution is -2.44. The Morgan fingerprint density at radius 2 is 1.59 bits per heavy atom. The van der Waals surface area contributed by atoms with Gasteiger partial charge in [-0.2, -0.15) is 0 Å². The van der Waals surface area contributed by atoms with Gasteiger partial charge in [0, 0.05) is 11.5 Å². The minimum atomic E-state index is -1.04. The molecule has 10 nitrogen and oxygen atoms in total. The van der Waals surface area contributed by atoms with Crippen molar-refractivity contribution in [1.29, 1.82) is 0 Å². The molecule has 0 aliphatic heterocycles. The van der Waals surface area contributed by atoms with E-state index in [9.17, 15) is 24.3 Å². The number of amides is 3. The van der Waals surface area contributed by atoms with Crippen LogP contribution in [0.5, 0.6) is 0 Å². The van der Waals surface area contributed by atoms with Gasteiger partial charge in [0.2, 0.25) is 11.8 Å². The number of unbranched alkanes of at least 4 members (excludes halogenated alkanes) is 2. The molecule has 0 aliphatic carbocycles. The third kappa shape index (κ3) is 7.66. The van der Waals surface area contributed by atoms with Crippen molar-refractivity contribution in [2.75, 3.05) is 6.67 Å². The third-order valence-electron chi connectivity index (χ3n) is 6.60. The van der Waals surface area contributed by atoms with Crippen LogP contribution in [0.25, 0.3) is 11.3 Å². The maximum atomic E-state index is 12.8. The Morgan fingerprint density at radius 1 is 0.919 bits per heavy atom. The van der Waals surface area contributed by atoms with Gasteiger partial charge in [-0.05, 0) is 44.4 Å². The predicted octanol–water partition coefficient (Wildman–Crippen LogP) is 3.84. The number of carboxylic acids is 1. The van der Waals surface area contributed by atoms with E-state index in [-0.39, 0.29) is 18.3 Å². The second kappa shape index (κ2) is 13.6. The summed E-state index contributed by atoms with van der Waals surface area (Å²) in [5.41, 5.74) is 1.92. The number of carboxylic acid groups (broad SMARTS) is 1. The SMILES string of the molecule is CCCCC[C@@H](C(=O)NCNC(=O)c1ccc(-c2ccc(C(C)(C)C(=O)O)cc2)o1)[C@@H](CC)C(=O)NO. The van der Waals surface area contributed by atoms with E-state index in [2.05, 4.69) is 10.6 Å². The summed E-state index contributed by atoms with van der Waals surface area (Å²) in [4.78, 5) is 48.9. The van der Waals surface area contributed by atoms with E-state index in [1.54, 1.807) is 56.6 Å². The van der Waals surface area contributed by atoms with Gasteiger partial charge < -0.3 is 20.2 Å². The molecule has 1 aromatic carbocycles. The van der Waals surface area contributed by atoms with Crippen molar-refractivity contribution in [3.63, 3.8) is 0 Å². The molecule has 10 heteroatoms. The first-order valence-electron chi connectivity index (χ1n) is 12.5. The molecule has 3 amide bonds. The predicted molar refractivity (Wildman–Crippen MR) is 137 cm³/mol. The fraction of sp³-hybridized carbons (Fsp3) is 0.481. The molecule has 5 N–H and O–H groups in total. The molecule has 2 rings (SSSR count). The highest BCUT2D eigenvalue weighted by Gasteiger charge is 2.32. The van der Waals surface area contributed by atoms with Crippen LogP contribution in [-0.2, 0) is 19.8 Å². The summed E-state index contributed by atoms with van der Waals surface area (Å²) in [7, 11) is 0. The van der Waals surface area contributed by atoms with Crippen molar-refractivity contribution in [2.45, 2.75) is 65.2 Å². The van der Waals surface area contributed by atoms with E-state index in [0.717, 1.165) is 19.3 Å². The molecule has 0 bridgehead atoms. The molecule has 37 heavy (non-hydrogen) atoms. The smallest absolute Gasteiger partial charge is 0.313 e. The highest BCUT2D eigenvalue weighted by atomic mass is 16.5. The average molecular weight is 516 g/mol. The number of hydrogen-bond donors (Lipinski definition) is 5. The van der Waals surface area contributed by atoms with Gasteiger partial charge in [0.1, 0.15) is 5.76 Å². The number of hydroxylamine groups is 1. The quantitative estimate of drug-likeness (QED) is 0.111. The van der Waals surface area contributed by atoms with E-state index in [1.165, 1.54) is 6.07 Å². The van der Waals surface area contributed by atoms with E-state index in [4.69, 9.17) is 9.62 Å². The number of nitrogens with one attached hydrogen (secondary N) is 3. The van der Waals surface area contributed by atoms with Crippen LogP contribution in [0.15, 0.2) is 40.8 Å². The van der Waals surface area contributed by atoms with Crippen molar-refractivity contribution in [2.24, 2.45) is 11.8 Å². The van der Waals surface area contributed by atoms with Crippen LogP contribution in [-0.4, -0.2) is 40.7 Å². The highest BCUT2D eigenvalue weighted by molar-refractivity contribution is 5.92. The number of rotatable bonds is 14. The lowest BCUT2D eigenvalue weighted by molar-refractivity contribution is -0.142. The van der Waals surface area contributed by atoms with Crippen LogP contribution in [0.2, 0.25) is 0 Å². The summed E-state index contributed by atoms with van der Waals surface area (Å²) < 4.78 is 5.65. The van der Waals surface area contributed by atoms with Gasteiger partial charge in [0.25, 0.3) is 5.91 Å². The summed E-state index contributed by atoms with van der Waals surface area (Å²) >= 11 is 0. The summed E-state index contributed by atoms with van der Waals surface area (Å²) in [5.74, 6) is -3.28. The Hall–Kier alpha value is -3.66. The molecule has 2 atom stereocenters. The van der Waals surface area contributed by atoms with Gasteiger partial charge >= 0.3 is 5.97 Å². The number of benzene rings is 1. The Bertz CT molecular complexity index is 1080. The topological polar surface area (TPSA) is 158 Å². The third-order valence-corrected chi connectivity index (χ3v) is 6.60. The van der Waals surface area contributed by atoms with E-state index in [0.29, 0.717) is 29.7 Å². The Kier molecular flexibility index (Phi) is 10.9. The Morgan fingerprint density at radius 3 is 2.16 bits per heavy atom. The zero-order chi connectivity index (χ0) is 27.6. The minimum absolute atomic E-state index is 0.0461. The van der Waals surface area contributed by atoms with Crippen molar-refractivity contribution in [1.82, 2.24) is 16.1 Å². The van der Waals surface area contributed by atoms with Crippen LogP contribution in [0.1, 0.15) is 75.9 Å². The second-order valence-electron chi connectivity index (χ2n) is 9.49. The molecular formula is C27H37N3O7. The van der Waals surface area contributed by atoms with E-state index < -0.39 is 35.0 Å². The normalized spacial score (nSPS) is 12.9. The summed E-state index contributed by atoms with van der Waals surface area (Å²) in [6, 6.07) is 10.0. The first kappa shape index (κ1) is 29.6. The van der Waals surface area contributed by atoms with Gasteiger partial charge in [-0.25, -0.2) is 5.48 Å². The first-order valence-corrected chi connectivity index (χ1v) is 12.5. The second-order valence-corrected chi connectivity index (χ2v) is 9.49. The number of hydrogen-bond acceptors (Lipinski definition) is 6. The Labute approximate surface area is 216 Å². The zero-order valence-electron chi connectivity index (χ0n) is 21.8. The maximum absolute atomic E-state index is 12.8. The molecular weight excluding hydrogens is 478 g/mol. The lowest BCUT2D eigenvalue weighted by atomic mass is 9.84. The zero-order valence-corrected chi connectivity index (χ0v) is 21.8. The largest absolute Gasteiger partial charge is 0.481 e. The van der Waals surface area contributed by atoms with Crippen LogP contribution in [0, 0.1) is 11.8 Å². The highest BCUT2D eigenvalue weighted by Crippen LogP contribution is 2.28. The summed E-state index contributed by atoms with van der Waals surface area (Å²) in [5, 5.41) is 23.7. The fourth-order valence-electron chi connectivity index (χ4n) is 4.08. The van der Waals surface area contributed by atoms with Gasteiger partial charge in [0.15, 0.2) is 5.76 Å². The van der Waals surface area contributed by atoms with Gasteiger partial charge in [-0.3, -0.25) is 24.4 Å². The molecule has 0 saturated carbocycles. The number of furan rings is 1. The molecule has 0 spiro atoms. The van der Waals surface area contributed by atoms with Crippen molar-refractivity contribution >= 4 is 23.7 Å². The van der Waals surface area contributed by atoms with Crippen molar-refractivity contribution < 1.29 is 33.9 Å². The maximum Gasteiger partial charge on any atom is 0.313 e.